The molecule has 2 amide bonds. The van der Waals surface area contributed by atoms with Crippen molar-refractivity contribution in [2.24, 2.45) is 0 Å². The van der Waals surface area contributed by atoms with Gasteiger partial charge in [0.15, 0.2) is 0 Å². The highest BCUT2D eigenvalue weighted by molar-refractivity contribution is 5.97. The predicted molar refractivity (Wildman–Crippen MR) is 109 cm³/mol. The number of rotatable bonds is 4. The standard InChI is InChI=1S/C22H25FN4O3/c23-19-13-17(27-11-12-30-22(27)29)4-5-18(19)21(28)26-9-7-25(8-10-26)20-6-3-16(14-24-20)15-1-2-15/h3-6,14-15,17H,1-2,7-13H2. The van der Waals surface area contributed by atoms with Gasteiger partial charge in [0.05, 0.1) is 18.2 Å². The second kappa shape index (κ2) is 7.74. The summed E-state index contributed by atoms with van der Waals surface area (Å²) in [6.45, 7) is 3.16. The Balaban J connectivity index is 1.18. The monoisotopic (exact) mass is 412 g/mol. The van der Waals surface area contributed by atoms with Crippen LogP contribution in [0.25, 0.3) is 0 Å². The third-order valence-corrected chi connectivity index (χ3v) is 6.30. The number of carbonyl (C=O) groups is 2. The van der Waals surface area contributed by atoms with E-state index in [-0.39, 0.29) is 17.9 Å². The molecule has 1 aromatic rings. The number of hydrogen-bond acceptors (Lipinski definition) is 5. The quantitative estimate of drug-likeness (QED) is 0.761. The number of anilines is 1. The number of cyclic esters (lactones) is 1. The highest BCUT2D eigenvalue weighted by Crippen LogP contribution is 2.40. The van der Waals surface area contributed by atoms with E-state index in [1.54, 1.807) is 11.0 Å². The summed E-state index contributed by atoms with van der Waals surface area (Å²) in [7, 11) is 0. The molecule has 3 heterocycles. The smallest absolute Gasteiger partial charge is 0.410 e. The Morgan fingerprint density at radius 3 is 2.53 bits per heavy atom. The Kier molecular flexibility index (Phi) is 4.92. The Labute approximate surface area is 174 Å². The molecule has 0 N–H and O–H groups in total. The molecular weight excluding hydrogens is 387 g/mol. The first kappa shape index (κ1) is 19.1. The molecule has 1 atom stereocenters. The second-order valence-electron chi connectivity index (χ2n) is 8.26. The average molecular weight is 412 g/mol. The number of hydrogen-bond donors (Lipinski definition) is 0. The minimum atomic E-state index is -0.466. The van der Waals surface area contributed by atoms with E-state index in [1.807, 2.05) is 6.20 Å². The molecule has 7 nitrogen and oxygen atoms in total. The number of aromatic nitrogens is 1. The lowest BCUT2D eigenvalue weighted by atomic mass is 9.99. The van der Waals surface area contributed by atoms with Gasteiger partial charge in [-0.25, -0.2) is 14.2 Å². The van der Waals surface area contributed by atoms with Crippen LogP contribution >= 0.6 is 0 Å². The number of nitrogens with zero attached hydrogens (tertiary/aromatic N) is 4. The zero-order valence-corrected chi connectivity index (χ0v) is 16.8. The molecule has 0 aromatic carbocycles. The lowest BCUT2D eigenvalue weighted by Gasteiger charge is -2.36. The summed E-state index contributed by atoms with van der Waals surface area (Å²) >= 11 is 0. The number of ether oxygens (including phenoxy) is 1. The van der Waals surface area contributed by atoms with Gasteiger partial charge in [-0.15, -0.1) is 0 Å². The van der Waals surface area contributed by atoms with Crippen molar-refractivity contribution in [3.05, 3.63) is 47.4 Å². The maximum Gasteiger partial charge on any atom is 0.410 e. The van der Waals surface area contributed by atoms with Gasteiger partial charge >= 0.3 is 6.09 Å². The van der Waals surface area contributed by atoms with Crippen molar-refractivity contribution >= 4 is 17.8 Å². The van der Waals surface area contributed by atoms with Crippen LogP contribution in [0.1, 0.15) is 30.7 Å². The summed E-state index contributed by atoms with van der Waals surface area (Å²) < 4.78 is 19.6. The third kappa shape index (κ3) is 3.66. The van der Waals surface area contributed by atoms with Gasteiger partial charge in [0.2, 0.25) is 0 Å². The summed E-state index contributed by atoms with van der Waals surface area (Å²) in [5.74, 6) is 0.855. The van der Waals surface area contributed by atoms with Crippen molar-refractivity contribution in [1.82, 2.24) is 14.8 Å². The molecule has 158 valence electrons. The van der Waals surface area contributed by atoms with E-state index in [9.17, 15) is 14.0 Å². The van der Waals surface area contributed by atoms with Gasteiger partial charge in [-0.05, 0) is 36.5 Å². The van der Waals surface area contributed by atoms with Gasteiger partial charge in [0, 0.05) is 38.8 Å². The van der Waals surface area contributed by atoms with Crippen molar-refractivity contribution in [3.8, 4) is 0 Å². The molecule has 0 spiro atoms. The van der Waals surface area contributed by atoms with Gasteiger partial charge in [0.25, 0.3) is 5.91 Å². The largest absolute Gasteiger partial charge is 0.448 e. The topological polar surface area (TPSA) is 66.0 Å². The fourth-order valence-electron chi connectivity index (χ4n) is 4.32. The van der Waals surface area contributed by atoms with Crippen LogP contribution in [0.15, 0.2) is 41.9 Å². The molecule has 4 aliphatic rings. The van der Waals surface area contributed by atoms with Crippen molar-refractivity contribution < 1.29 is 18.7 Å². The molecule has 0 bridgehead atoms. The van der Waals surface area contributed by atoms with E-state index in [0.717, 1.165) is 5.82 Å². The van der Waals surface area contributed by atoms with Crippen LogP contribution in [0.5, 0.6) is 0 Å². The van der Waals surface area contributed by atoms with Crippen LogP contribution in [0, 0.1) is 0 Å². The Bertz CT molecular complexity index is 901. The fourth-order valence-corrected chi connectivity index (χ4v) is 4.32. The van der Waals surface area contributed by atoms with Gasteiger partial charge in [-0.1, -0.05) is 12.1 Å². The second-order valence-corrected chi connectivity index (χ2v) is 8.26. The van der Waals surface area contributed by atoms with E-state index in [1.165, 1.54) is 29.4 Å². The lowest BCUT2D eigenvalue weighted by Crippen LogP contribution is -2.49. The first-order valence-electron chi connectivity index (χ1n) is 10.6. The highest BCUT2D eigenvalue weighted by atomic mass is 19.1. The summed E-state index contributed by atoms with van der Waals surface area (Å²) in [6, 6.07) is 3.82. The van der Waals surface area contributed by atoms with Crippen molar-refractivity contribution in [2.75, 3.05) is 44.2 Å². The third-order valence-electron chi connectivity index (χ3n) is 6.30. The fraction of sp³-hybridized carbons (Fsp3) is 0.500. The van der Waals surface area contributed by atoms with E-state index >= 15 is 0 Å². The first-order chi connectivity index (χ1) is 14.6. The first-order valence-corrected chi connectivity index (χ1v) is 10.6. The number of carbonyl (C=O) groups excluding carboxylic acids is 2. The van der Waals surface area contributed by atoms with Gasteiger partial charge in [-0.2, -0.15) is 0 Å². The number of halogens is 1. The predicted octanol–water partition coefficient (Wildman–Crippen LogP) is 2.61. The SMILES string of the molecule is O=C(C1=C(F)CC(N2CCOC2=O)C=C1)N1CCN(c2ccc(C3CC3)cn2)CC1. The summed E-state index contributed by atoms with van der Waals surface area (Å²) in [4.78, 5) is 34.5. The van der Waals surface area contributed by atoms with E-state index < -0.39 is 18.0 Å². The normalized spacial score (nSPS) is 24.5. The van der Waals surface area contributed by atoms with Crippen LogP contribution in [-0.2, 0) is 9.53 Å². The van der Waals surface area contributed by atoms with Crippen LogP contribution in [0.4, 0.5) is 15.0 Å². The molecule has 5 rings (SSSR count). The molecule has 8 heteroatoms. The molecule has 3 fully saturated rings. The molecule has 2 aliphatic heterocycles. The Morgan fingerprint density at radius 1 is 1.13 bits per heavy atom. The van der Waals surface area contributed by atoms with Crippen LogP contribution in [0.2, 0.25) is 0 Å². The molecule has 2 aliphatic carbocycles. The molecule has 2 saturated heterocycles. The molecule has 1 saturated carbocycles. The zero-order chi connectivity index (χ0) is 20.7. The molecular formula is C22H25FN4O3. The van der Waals surface area contributed by atoms with Crippen LogP contribution < -0.4 is 4.90 Å². The maximum absolute atomic E-state index is 14.7. The minimum Gasteiger partial charge on any atom is -0.448 e. The summed E-state index contributed by atoms with van der Waals surface area (Å²) in [6.07, 6.45) is 7.31. The zero-order valence-electron chi connectivity index (χ0n) is 16.8. The van der Waals surface area contributed by atoms with E-state index in [2.05, 4.69) is 22.0 Å². The minimum absolute atomic E-state index is 0.0178. The number of pyridine rings is 1. The molecule has 0 radical (unpaired) electrons. The Morgan fingerprint density at radius 2 is 1.93 bits per heavy atom. The summed E-state index contributed by atoms with van der Waals surface area (Å²) in [5.41, 5.74) is 1.40. The van der Waals surface area contributed by atoms with Crippen LogP contribution in [-0.4, -0.2) is 72.2 Å². The van der Waals surface area contributed by atoms with Crippen LogP contribution in [0.3, 0.4) is 0 Å². The number of piperazine rings is 1. The van der Waals surface area contributed by atoms with Crippen molar-refractivity contribution in [1.29, 1.82) is 0 Å². The Hall–Kier alpha value is -2.90. The van der Waals surface area contributed by atoms with E-state index in [0.29, 0.717) is 45.2 Å². The van der Waals surface area contributed by atoms with Crippen molar-refractivity contribution in [3.63, 3.8) is 0 Å². The number of amides is 2. The highest BCUT2D eigenvalue weighted by Gasteiger charge is 2.33. The average Bonchev–Trinajstić information content (AvgIpc) is 3.54. The van der Waals surface area contributed by atoms with Gasteiger partial charge in [0.1, 0.15) is 18.3 Å². The molecule has 30 heavy (non-hydrogen) atoms. The molecule has 1 unspecified atom stereocenters. The van der Waals surface area contributed by atoms with Gasteiger partial charge < -0.3 is 14.5 Å². The molecule has 1 aromatic heterocycles. The van der Waals surface area contributed by atoms with Crippen molar-refractivity contribution in [2.45, 2.75) is 31.2 Å². The lowest BCUT2D eigenvalue weighted by molar-refractivity contribution is -0.127. The maximum atomic E-state index is 14.7. The summed E-state index contributed by atoms with van der Waals surface area (Å²) in [5, 5.41) is 0. The van der Waals surface area contributed by atoms with E-state index in [4.69, 9.17) is 4.74 Å². The van der Waals surface area contributed by atoms with Gasteiger partial charge in [-0.3, -0.25) is 9.69 Å².